The molecule has 3 heteroatoms. The van der Waals surface area contributed by atoms with Crippen molar-refractivity contribution >= 4 is 11.4 Å². The highest BCUT2D eigenvalue weighted by Gasteiger charge is 2.27. The Labute approximate surface area is 85.1 Å². The summed E-state index contributed by atoms with van der Waals surface area (Å²) in [6.07, 6.45) is 0. The topological polar surface area (TPSA) is 32.5 Å². The van der Waals surface area contributed by atoms with Crippen molar-refractivity contribution in [2.45, 2.75) is 6.04 Å². The second-order valence-corrected chi connectivity index (χ2v) is 4.11. The largest absolute Gasteiger partial charge is 0.399 e. The van der Waals surface area contributed by atoms with E-state index in [9.17, 15) is 0 Å². The summed E-state index contributed by atoms with van der Waals surface area (Å²) in [6.45, 7) is 2.24. The standard InChI is InChI=1S/C11H17N3/c1-13(2)11-7-14(8-11)10-5-3-9(12)4-6-10/h3-6,11H,7-8,12H2,1-2H3. The van der Waals surface area contributed by atoms with E-state index in [2.05, 4.69) is 36.0 Å². The summed E-state index contributed by atoms with van der Waals surface area (Å²) in [6, 6.07) is 8.78. The molecule has 1 heterocycles. The van der Waals surface area contributed by atoms with Crippen LogP contribution in [-0.2, 0) is 0 Å². The SMILES string of the molecule is CN(C)C1CN(c2ccc(N)cc2)C1. The van der Waals surface area contributed by atoms with Crippen LogP contribution in [0.25, 0.3) is 0 Å². The Bertz CT molecular complexity index is 299. The van der Waals surface area contributed by atoms with Gasteiger partial charge < -0.3 is 15.5 Å². The fourth-order valence-corrected chi connectivity index (χ4v) is 1.68. The molecule has 0 aromatic heterocycles. The predicted molar refractivity (Wildman–Crippen MR) is 60.5 cm³/mol. The van der Waals surface area contributed by atoms with Gasteiger partial charge >= 0.3 is 0 Å². The van der Waals surface area contributed by atoms with Crippen LogP contribution in [0.5, 0.6) is 0 Å². The fraction of sp³-hybridized carbons (Fsp3) is 0.455. The molecule has 1 aliphatic rings. The summed E-state index contributed by atoms with van der Waals surface area (Å²) in [5, 5.41) is 0. The van der Waals surface area contributed by atoms with Gasteiger partial charge in [0.25, 0.3) is 0 Å². The van der Waals surface area contributed by atoms with Crippen LogP contribution in [-0.4, -0.2) is 38.1 Å². The third-order valence-corrected chi connectivity index (χ3v) is 2.85. The van der Waals surface area contributed by atoms with Crippen molar-refractivity contribution in [3.8, 4) is 0 Å². The van der Waals surface area contributed by atoms with E-state index in [0.29, 0.717) is 6.04 Å². The average Bonchev–Trinajstić information content (AvgIpc) is 2.05. The zero-order valence-electron chi connectivity index (χ0n) is 8.77. The van der Waals surface area contributed by atoms with E-state index >= 15 is 0 Å². The number of nitrogens with zero attached hydrogens (tertiary/aromatic N) is 2. The van der Waals surface area contributed by atoms with Gasteiger partial charge in [0.15, 0.2) is 0 Å². The van der Waals surface area contributed by atoms with Crippen LogP contribution >= 0.6 is 0 Å². The Morgan fingerprint density at radius 2 is 1.79 bits per heavy atom. The molecule has 2 N–H and O–H groups in total. The van der Waals surface area contributed by atoms with Crippen LogP contribution in [0.15, 0.2) is 24.3 Å². The third kappa shape index (κ3) is 1.68. The molecule has 1 saturated heterocycles. The normalized spacial score (nSPS) is 17.2. The predicted octanol–water partition coefficient (Wildman–Crippen LogP) is 1.02. The first-order valence-electron chi connectivity index (χ1n) is 4.94. The minimum Gasteiger partial charge on any atom is -0.399 e. The molecule has 0 spiro atoms. The number of hydrogen-bond acceptors (Lipinski definition) is 3. The molecule has 3 nitrogen and oxygen atoms in total. The van der Waals surface area contributed by atoms with Gasteiger partial charge in [0, 0.05) is 30.5 Å². The van der Waals surface area contributed by atoms with E-state index in [0.717, 1.165) is 18.8 Å². The molecule has 0 radical (unpaired) electrons. The molecular formula is C11H17N3. The number of benzene rings is 1. The van der Waals surface area contributed by atoms with E-state index in [-0.39, 0.29) is 0 Å². The molecule has 1 aromatic rings. The Kier molecular flexibility index (Phi) is 2.33. The van der Waals surface area contributed by atoms with Gasteiger partial charge in [0.05, 0.1) is 0 Å². The lowest BCUT2D eigenvalue weighted by molar-refractivity contribution is 0.247. The van der Waals surface area contributed by atoms with Gasteiger partial charge in [0.1, 0.15) is 0 Å². The van der Waals surface area contributed by atoms with Crippen molar-refractivity contribution in [1.82, 2.24) is 4.90 Å². The molecule has 0 unspecified atom stereocenters. The molecule has 1 aromatic carbocycles. The molecule has 0 atom stereocenters. The third-order valence-electron chi connectivity index (χ3n) is 2.85. The van der Waals surface area contributed by atoms with Gasteiger partial charge in [-0.3, -0.25) is 0 Å². The van der Waals surface area contributed by atoms with Gasteiger partial charge in [-0.05, 0) is 38.4 Å². The first-order valence-corrected chi connectivity index (χ1v) is 4.94. The highest BCUT2D eigenvalue weighted by molar-refractivity contribution is 5.54. The van der Waals surface area contributed by atoms with Crippen LogP contribution in [0.4, 0.5) is 11.4 Å². The first-order chi connectivity index (χ1) is 6.66. The summed E-state index contributed by atoms with van der Waals surface area (Å²) in [5.74, 6) is 0. The second-order valence-electron chi connectivity index (χ2n) is 4.11. The maximum absolute atomic E-state index is 5.64. The molecule has 1 fully saturated rings. The van der Waals surface area contributed by atoms with Crippen molar-refractivity contribution in [2.24, 2.45) is 0 Å². The zero-order chi connectivity index (χ0) is 10.1. The molecular weight excluding hydrogens is 174 g/mol. The molecule has 2 rings (SSSR count). The zero-order valence-corrected chi connectivity index (χ0v) is 8.77. The lowest BCUT2D eigenvalue weighted by Crippen LogP contribution is -2.57. The molecule has 0 amide bonds. The number of nitrogens with two attached hydrogens (primary N) is 1. The van der Waals surface area contributed by atoms with Gasteiger partial charge in [-0.15, -0.1) is 0 Å². The Balaban J connectivity index is 1.96. The summed E-state index contributed by atoms with van der Waals surface area (Å²) in [4.78, 5) is 4.64. The lowest BCUT2D eigenvalue weighted by Gasteiger charge is -2.44. The molecule has 76 valence electrons. The highest BCUT2D eigenvalue weighted by Crippen LogP contribution is 2.23. The van der Waals surface area contributed by atoms with Crippen LogP contribution < -0.4 is 10.6 Å². The Hall–Kier alpha value is -1.22. The Morgan fingerprint density at radius 3 is 2.29 bits per heavy atom. The smallest absolute Gasteiger partial charge is 0.0440 e. The molecule has 0 saturated carbocycles. The van der Waals surface area contributed by atoms with Crippen molar-refractivity contribution < 1.29 is 0 Å². The molecule has 0 aliphatic carbocycles. The van der Waals surface area contributed by atoms with E-state index < -0.39 is 0 Å². The van der Waals surface area contributed by atoms with Crippen molar-refractivity contribution in [3.63, 3.8) is 0 Å². The summed E-state index contributed by atoms with van der Waals surface area (Å²) in [5.41, 5.74) is 7.74. The van der Waals surface area contributed by atoms with Gasteiger partial charge in [0.2, 0.25) is 0 Å². The van der Waals surface area contributed by atoms with E-state index in [1.807, 2.05) is 12.1 Å². The minimum absolute atomic E-state index is 0.701. The maximum atomic E-state index is 5.64. The summed E-state index contributed by atoms with van der Waals surface area (Å²) in [7, 11) is 4.26. The number of anilines is 2. The Morgan fingerprint density at radius 1 is 1.21 bits per heavy atom. The summed E-state index contributed by atoms with van der Waals surface area (Å²) < 4.78 is 0. The lowest BCUT2D eigenvalue weighted by atomic mass is 10.1. The van der Waals surface area contributed by atoms with Crippen LogP contribution in [0.3, 0.4) is 0 Å². The fourth-order valence-electron chi connectivity index (χ4n) is 1.68. The van der Waals surface area contributed by atoms with Crippen molar-refractivity contribution in [1.29, 1.82) is 0 Å². The molecule has 0 bridgehead atoms. The van der Waals surface area contributed by atoms with Crippen LogP contribution in [0.1, 0.15) is 0 Å². The van der Waals surface area contributed by atoms with E-state index in [4.69, 9.17) is 5.73 Å². The van der Waals surface area contributed by atoms with Gasteiger partial charge in [-0.25, -0.2) is 0 Å². The monoisotopic (exact) mass is 191 g/mol. The number of hydrogen-bond donors (Lipinski definition) is 1. The first kappa shape index (κ1) is 9.34. The number of likely N-dealkylation sites (N-methyl/N-ethyl adjacent to an activating group) is 1. The van der Waals surface area contributed by atoms with E-state index in [1.165, 1.54) is 5.69 Å². The van der Waals surface area contributed by atoms with E-state index in [1.54, 1.807) is 0 Å². The van der Waals surface area contributed by atoms with Crippen molar-refractivity contribution in [3.05, 3.63) is 24.3 Å². The van der Waals surface area contributed by atoms with Crippen LogP contribution in [0.2, 0.25) is 0 Å². The number of nitrogen functional groups attached to an aromatic ring is 1. The quantitative estimate of drug-likeness (QED) is 0.708. The van der Waals surface area contributed by atoms with Crippen LogP contribution in [0, 0.1) is 0 Å². The van der Waals surface area contributed by atoms with Gasteiger partial charge in [-0.2, -0.15) is 0 Å². The number of rotatable bonds is 2. The maximum Gasteiger partial charge on any atom is 0.0440 e. The average molecular weight is 191 g/mol. The second kappa shape index (κ2) is 3.50. The molecule has 14 heavy (non-hydrogen) atoms. The van der Waals surface area contributed by atoms with Gasteiger partial charge in [-0.1, -0.05) is 0 Å². The van der Waals surface area contributed by atoms with Crippen molar-refractivity contribution in [2.75, 3.05) is 37.8 Å². The molecule has 1 aliphatic heterocycles. The summed E-state index contributed by atoms with van der Waals surface area (Å²) >= 11 is 0. The highest BCUT2D eigenvalue weighted by atomic mass is 15.3. The minimum atomic E-state index is 0.701.